The van der Waals surface area contributed by atoms with Crippen molar-refractivity contribution >= 4 is 58.5 Å². The number of aromatic nitrogens is 1. The molecule has 6 nitrogen and oxygen atoms in total. The first-order valence-corrected chi connectivity index (χ1v) is 14.9. The Kier molecular flexibility index (Phi) is 8.56. The van der Waals surface area contributed by atoms with E-state index in [-0.39, 0.29) is 10.8 Å². The molecule has 0 aliphatic heterocycles. The van der Waals surface area contributed by atoms with Gasteiger partial charge < -0.3 is 0 Å². The number of sulfonamides is 1. The van der Waals surface area contributed by atoms with Gasteiger partial charge in [-0.05, 0) is 60.9 Å². The molecular weight excluding hydrogens is 558 g/mol. The molecule has 0 atom stereocenters. The summed E-state index contributed by atoms with van der Waals surface area (Å²) in [6.07, 6.45) is 1.48. The van der Waals surface area contributed by atoms with Crippen LogP contribution in [0.3, 0.4) is 0 Å². The number of thiazole rings is 1. The van der Waals surface area contributed by atoms with Crippen LogP contribution in [0.5, 0.6) is 0 Å². The van der Waals surface area contributed by atoms with Crippen molar-refractivity contribution in [3.05, 3.63) is 88.4 Å². The number of fused-ring (bicyclic) bond motifs is 1. The first kappa shape index (κ1) is 26.5. The van der Waals surface area contributed by atoms with Gasteiger partial charge in [0.05, 0.1) is 21.7 Å². The van der Waals surface area contributed by atoms with Crippen molar-refractivity contribution in [1.82, 2.24) is 9.29 Å². The van der Waals surface area contributed by atoms with Gasteiger partial charge in [0, 0.05) is 23.1 Å². The summed E-state index contributed by atoms with van der Waals surface area (Å²) in [5, 5.41) is 0.589. The molecule has 0 radical (unpaired) electrons. The van der Waals surface area contributed by atoms with Gasteiger partial charge in [-0.1, -0.05) is 71.4 Å². The molecule has 188 valence electrons. The van der Waals surface area contributed by atoms with E-state index < -0.39 is 10.0 Å². The standard InChI is InChI=1S/C27H28BrN3O3S2/c1-3-16-30(17-4-2)36(33,34)23-13-10-21(11-14-23)26(32)31(19-20-8-6-5-7-9-20)27-29-24-15-12-22(28)18-25(24)35-27/h5-15,18H,3-4,16-17,19H2,1-2H3. The molecule has 0 N–H and O–H groups in total. The molecule has 4 rings (SSSR count). The summed E-state index contributed by atoms with van der Waals surface area (Å²) < 4.78 is 29.7. The smallest absolute Gasteiger partial charge is 0.260 e. The molecule has 1 aromatic heterocycles. The van der Waals surface area contributed by atoms with E-state index in [2.05, 4.69) is 15.9 Å². The van der Waals surface area contributed by atoms with Crippen LogP contribution in [0.25, 0.3) is 10.2 Å². The fourth-order valence-electron chi connectivity index (χ4n) is 3.92. The van der Waals surface area contributed by atoms with E-state index in [9.17, 15) is 13.2 Å². The molecule has 4 aromatic rings. The van der Waals surface area contributed by atoms with E-state index in [1.807, 2.05) is 62.4 Å². The first-order chi connectivity index (χ1) is 17.3. The van der Waals surface area contributed by atoms with Crippen LogP contribution in [0.2, 0.25) is 0 Å². The van der Waals surface area contributed by atoms with Crippen LogP contribution in [0.1, 0.15) is 42.6 Å². The van der Waals surface area contributed by atoms with Gasteiger partial charge in [-0.3, -0.25) is 9.69 Å². The number of nitrogens with zero attached hydrogens (tertiary/aromatic N) is 3. The first-order valence-electron chi connectivity index (χ1n) is 11.9. The zero-order valence-corrected chi connectivity index (χ0v) is 23.4. The maximum absolute atomic E-state index is 13.7. The average molecular weight is 587 g/mol. The molecule has 1 heterocycles. The Bertz CT molecular complexity index is 1430. The number of rotatable bonds is 10. The van der Waals surface area contributed by atoms with Crippen molar-refractivity contribution < 1.29 is 13.2 Å². The summed E-state index contributed by atoms with van der Waals surface area (Å²) in [6.45, 7) is 5.20. The van der Waals surface area contributed by atoms with E-state index in [0.29, 0.717) is 30.3 Å². The molecule has 0 aliphatic rings. The van der Waals surface area contributed by atoms with E-state index >= 15 is 0 Å². The summed E-state index contributed by atoms with van der Waals surface area (Å²) in [4.78, 5) is 20.3. The summed E-state index contributed by atoms with van der Waals surface area (Å²) >= 11 is 4.94. The van der Waals surface area contributed by atoms with Crippen molar-refractivity contribution in [2.24, 2.45) is 0 Å². The maximum Gasteiger partial charge on any atom is 0.260 e. The van der Waals surface area contributed by atoms with Gasteiger partial charge in [-0.2, -0.15) is 4.31 Å². The third-order valence-corrected chi connectivity index (χ3v) is 9.13. The van der Waals surface area contributed by atoms with E-state index in [4.69, 9.17) is 4.98 Å². The third kappa shape index (κ3) is 5.86. The molecule has 36 heavy (non-hydrogen) atoms. The number of carbonyl (C=O) groups excluding carboxylic acids is 1. The van der Waals surface area contributed by atoms with Crippen molar-refractivity contribution in [2.45, 2.75) is 38.1 Å². The highest BCUT2D eigenvalue weighted by Gasteiger charge is 2.25. The lowest BCUT2D eigenvalue weighted by molar-refractivity contribution is 0.0985. The predicted octanol–water partition coefficient (Wildman–Crippen LogP) is 6.72. The van der Waals surface area contributed by atoms with Gasteiger partial charge in [0.15, 0.2) is 5.13 Å². The highest BCUT2D eigenvalue weighted by Crippen LogP contribution is 2.32. The zero-order valence-electron chi connectivity index (χ0n) is 20.2. The Hall–Kier alpha value is -2.59. The van der Waals surface area contributed by atoms with Gasteiger partial charge in [-0.25, -0.2) is 13.4 Å². The minimum atomic E-state index is -3.62. The monoisotopic (exact) mass is 585 g/mol. The Morgan fingerprint density at radius 2 is 1.61 bits per heavy atom. The number of halogens is 1. The van der Waals surface area contributed by atoms with Crippen LogP contribution in [-0.4, -0.2) is 36.7 Å². The lowest BCUT2D eigenvalue weighted by Gasteiger charge is -2.22. The molecule has 3 aromatic carbocycles. The summed E-state index contributed by atoms with van der Waals surface area (Å²) in [7, 11) is -3.62. The number of hydrogen-bond donors (Lipinski definition) is 0. The zero-order chi connectivity index (χ0) is 25.7. The Morgan fingerprint density at radius 3 is 2.25 bits per heavy atom. The van der Waals surface area contributed by atoms with Crippen molar-refractivity contribution in [2.75, 3.05) is 18.0 Å². The number of hydrogen-bond acceptors (Lipinski definition) is 5. The average Bonchev–Trinajstić information content (AvgIpc) is 3.30. The minimum absolute atomic E-state index is 0.195. The third-order valence-electron chi connectivity index (χ3n) is 5.68. The maximum atomic E-state index is 13.7. The second kappa shape index (κ2) is 11.6. The van der Waals surface area contributed by atoms with Crippen LogP contribution >= 0.6 is 27.3 Å². The fraction of sp³-hybridized carbons (Fsp3) is 0.259. The van der Waals surface area contributed by atoms with E-state index in [1.54, 1.807) is 17.0 Å². The van der Waals surface area contributed by atoms with Crippen LogP contribution in [0.4, 0.5) is 5.13 Å². The van der Waals surface area contributed by atoms with Crippen LogP contribution in [0, 0.1) is 0 Å². The second-order valence-electron chi connectivity index (χ2n) is 8.41. The Labute approximate surface area is 224 Å². The SMILES string of the molecule is CCCN(CCC)S(=O)(=O)c1ccc(C(=O)N(Cc2ccccc2)c2nc3ccc(Br)cc3s2)cc1. The van der Waals surface area contributed by atoms with E-state index in [1.165, 1.54) is 27.8 Å². The number of carbonyl (C=O) groups is 1. The molecule has 0 aliphatic carbocycles. The summed E-state index contributed by atoms with van der Waals surface area (Å²) in [6, 6.07) is 21.8. The van der Waals surface area contributed by atoms with Gasteiger partial charge in [0.25, 0.3) is 5.91 Å². The molecule has 0 saturated carbocycles. The topological polar surface area (TPSA) is 70.6 Å². The van der Waals surface area contributed by atoms with Crippen LogP contribution in [0.15, 0.2) is 82.2 Å². The van der Waals surface area contributed by atoms with Crippen LogP contribution in [-0.2, 0) is 16.6 Å². The fourth-order valence-corrected chi connectivity index (χ4v) is 7.06. The van der Waals surface area contributed by atoms with Crippen LogP contribution < -0.4 is 4.90 Å². The lowest BCUT2D eigenvalue weighted by Crippen LogP contribution is -2.33. The molecule has 0 bridgehead atoms. The van der Waals surface area contributed by atoms with Crippen molar-refractivity contribution in [3.63, 3.8) is 0 Å². The minimum Gasteiger partial charge on any atom is -0.279 e. The van der Waals surface area contributed by atoms with E-state index in [0.717, 1.165) is 33.1 Å². The van der Waals surface area contributed by atoms with Crippen molar-refractivity contribution in [1.29, 1.82) is 0 Å². The normalized spacial score (nSPS) is 11.8. The largest absolute Gasteiger partial charge is 0.279 e. The summed E-state index contributed by atoms with van der Waals surface area (Å²) in [5.41, 5.74) is 2.19. The molecular formula is C27H28BrN3O3S2. The van der Waals surface area contributed by atoms with Gasteiger partial charge in [-0.15, -0.1) is 0 Å². The number of anilines is 1. The lowest BCUT2D eigenvalue weighted by atomic mass is 10.1. The van der Waals surface area contributed by atoms with Gasteiger partial charge >= 0.3 is 0 Å². The molecule has 0 saturated heterocycles. The van der Waals surface area contributed by atoms with Gasteiger partial charge in [0.1, 0.15) is 0 Å². The predicted molar refractivity (Wildman–Crippen MR) is 150 cm³/mol. The van der Waals surface area contributed by atoms with Gasteiger partial charge in [0.2, 0.25) is 10.0 Å². The molecule has 1 amide bonds. The number of benzene rings is 3. The molecule has 9 heteroatoms. The molecule has 0 fully saturated rings. The molecule has 0 spiro atoms. The van der Waals surface area contributed by atoms with Crippen molar-refractivity contribution in [3.8, 4) is 0 Å². The molecule has 0 unspecified atom stereocenters. The second-order valence-corrected chi connectivity index (χ2v) is 12.3. The highest BCUT2D eigenvalue weighted by atomic mass is 79.9. The summed E-state index contributed by atoms with van der Waals surface area (Å²) in [5.74, 6) is -0.236. The number of amides is 1. The Balaban J connectivity index is 1.67. The Morgan fingerprint density at radius 1 is 0.944 bits per heavy atom. The quantitative estimate of drug-likeness (QED) is 0.207. The highest BCUT2D eigenvalue weighted by molar-refractivity contribution is 9.10.